The molecule has 4 saturated carbocycles. The number of fused-ring (bicyclic) bond motifs is 5. The average Bonchev–Trinajstić information content (AvgIpc) is 3.20. The van der Waals surface area contributed by atoms with Crippen molar-refractivity contribution in [2.45, 2.75) is 110 Å². The van der Waals surface area contributed by atoms with Crippen molar-refractivity contribution in [1.82, 2.24) is 0 Å². The van der Waals surface area contributed by atoms with Gasteiger partial charge in [0.1, 0.15) is 6.10 Å². The topological polar surface area (TPSA) is 110 Å². The van der Waals surface area contributed by atoms with E-state index >= 15 is 0 Å². The van der Waals surface area contributed by atoms with Gasteiger partial charge in [0.25, 0.3) is 0 Å². The van der Waals surface area contributed by atoms with Gasteiger partial charge in [-0.3, -0.25) is 14.4 Å². The molecule has 0 bridgehead atoms. The first-order chi connectivity index (χ1) is 17.0. The molecule has 0 aromatic carbocycles. The smallest absolute Gasteiger partial charge is 0.306 e. The Balaban J connectivity index is 1.42. The Morgan fingerprint density at radius 3 is 2.39 bits per heavy atom. The van der Waals surface area contributed by atoms with Crippen LogP contribution < -0.4 is 0 Å². The monoisotopic (exact) mass is 506 g/mol. The van der Waals surface area contributed by atoms with Gasteiger partial charge in [0.2, 0.25) is 0 Å². The fraction of sp³-hybridized carbons (Fsp3) is 0.897. The Bertz CT molecular complexity index is 841. The van der Waals surface area contributed by atoms with E-state index in [1.165, 1.54) is 13.5 Å². The van der Waals surface area contributed by atoms with Gasteiger partial charge in [-0.05, 0) is 104 Å². The van der Waals surface area contributed by atoms with Crippen molar-refractivity contribution in [2.24, 2.45) is 46.3 Å². The Labute approximate surface area is 215 Å². The van der Waals surface area contributed by atoms with E-state index in [4.69, 9.17) is 14.6 Å². The van der Waals surface area contributed by atoms with Crippen LogP contribution in [0.1, 0.15) is 97.8 Å². The molecule has 0 amide bonds. The lowest BCUT2D eigenvalue weighted by molar-refractivity contribution is -0.182. The van der Waals surface area contributed by atoms with Crippen molar-refractivity contribution in [1.29, 1.82) is 0 Å². The number of carbonyl (C=O) groups is 3. The third kappa shape index (κ3) is 4.93. The first-order valence-corrected chi connectivity index (χ1v) is 14.2. The molecule has 0 radical (unpaired) electrons. The third-order valence-electron chi connectivity index (χ3n) is 11.4. The van der Waals surface area contributed by atoms with Crippen LogP contribution in [0.25, 0.3) is 0 Å². The van der Waals surface area contributed by atoms with E-state index in [0.717, 1.165) is 51.4 Å². The van der Waals surface area contributed by atoms with Crippen LogP contribution in [0.4, 0.5) is 0 Å². The molecule has 4 aliphatic carbocycles. The summed E-state index contributed by atoms with van der Waals surface area (Å²) in [6.07, 6.45) is 8.64. The number of hydrogen-bond acceptors (Lipinski definition) is 6. The number of rotatable bonds is 8. The van der Waals surface area contributed by atoms with Gasteiger partial charge in [0.05, 0.1) is 26.1 Å². The highest BCUT2D eigenvalue weighted by molar-refractivity contribution is 5.76. The normalized spacial score (nSPS) is 42.4. The molecule has 0 spiro atoms. The van der Waals surface area contributed by atoms with Crippen LogP contribution >= 0.6 is 0 Å². The van der Waals surface area contributed by atoms with Crippen LogP contribution in [0.3, 0.4) is 0 Å². The molecule has 4 fully saturated rings. The summed E-state index contributed by atoms with van der Waals surface area (Å²) < 4.78 is 10.5. The minimum absolute atomic E-state index is 0.0653. The van der Waals surface area contributed by atoms with E-state index in [0.29, 0.717) is 41.9 Å². The number of carboxylic acid groups (broad SMARTS) is 1. The molecular formula is C29H46O7. The lowest BCUT2D eigenvalue weighted by atomic mass is 9.43. The molecule has 4 aliphatic rings. The molecule has 0 aromatic heterocycles. The van der Waals surface area contributed by atoms with E-state index in [2.05, 4.69) is 20.8 Å². The van der Waals surface area contributed by atoms with Crippen molar-refractivity contribution in [3.63, 3.8) is 0 Å². The van der Waals surface area contributed by atoms with E-state index in [1.807, 2.05) is 0 Å². The van der Waals surface area contributed by atoms with E-state index in [1.54, 1.807) is 0 Å². The van der Waals surface area contributed by atoms with E-state index in [9.17, 15) is 19.5 Å². The molecule has 7 heteroatoms. The second-order valence-corrected chi connectivity index (χ2v) is 12.8. The first kappa shape index (κ1) is 27.4. The zero-order valence-corrected chi connectivity index (χ0v) is 22.5. The van der Waals surface area contributed by atoms with E-state index < -0.39 is 11.9 Å². The standard InChI is InChI=1S/C29H46O7/c1-17(5-11-26(33)35-4)21-8-9-22-20-7-6-18-15-19(36-27(34)12-10-25(31)32)13-14-28(18,2)23(20)16-24(30)29(21,22)3/h17-24,30H,5-16H2,1-4H3,(H,31,32)/t17-,18-,19-,20+,21+,22-,23+,24+,28+,29+/m1/s1. The molecule has 0 heterocycles. The third-order valence-corrected chi connectivity index (χ3v) is 11.4. The summed E-state index contributed by atoms with van der Waals surface area (Å²) in [6, 6.07) is 0. The Morgan fingerprint density at radius 1 is 0.944 bits per heavy atom. The minimum Gasteiger partial charge on any atom is -0.481 e. The summed E-state index contributed by atoms with van der Waals surface area (Å²) in [5.41, 5.74) is 0.0422. The molecule has 36 heavy (non-hydrogen) atoms. The van der Waals surface area contributed by atoms with Gasteiger partial charge < -0.3 is 19.7 Å². The molecule has 0 aromatic rings. The van der Waals surface area contributed by atoms with Crippen LogP contribution in [0, 0.1) is 46.3 Å². The number of aliphatic hydroxyl groups is 1. The molecule has 0 unspecified atom stereocenters. The van der Waals surface area contributed by atoms with Gasteiger partial charge in [-0.1, -0.05) is 20.8 Å². The highest BCUT2D eigenvalue weighted by Crippen LogP contribution is 2.68. The first-order valence-electron chi connectivity index (χ1n) is 14.2. The lowest BCUT2D eigenvalue weighted by Crippen LogP contribution is -2.59. The highest BCUT2D eigenvalue weighted by Gasteiger charge is 2.63. The number of ether oxygens (including phenoxy) is 2. The molecule has 2 N–H and O–H groups in total. The zero-order valence-electron chi connectivity index (χ0n) is 22.5. The quantitative estimate of drug-likeness (QED) is 0.447. The van der Waals surface area contributed by atoms with Crippen LogP contribution in [0.5, 0.6) is 0 Å². The van der Waals surface area contributed by atoms with Crippen LogP contribution in [-0.2, 0) is 23.9 Å². The van der Waals surface area contributed by atoms with Gasteiger partial charge in [0.15, 0.2) is 0 Å². The number of carbonyl (C=O) groups excluding carboxylic acids is 2. The maximum Gasteiger partial charge on any atom is 0.306 e. The van der Waals surface area contributed by atoms with Crippen LogP contribution in [0.2, 0.25) is 0 Å². The number of aliphatic hydroxyl groups excluding tert-OH is 1. The maximum absolute atomic E-state index is 12.1. The van der Waals surface area contributed by atoms with Gasteiger partial charge in [0, 0.05) is 6.42 Å². The molecule has 204 valence electrons. The summed E-state index contributed by atoms with van der Waals surface area (Å²) in [6.45, 7) is 6.99. The van der Waals surface area contributed by atoms with Crippen molar-refractivity contribution >= 4 is 17.9 Å². The summed E-state index contributed by atoms with van der Waals surface area (Å²) >= 11 is 0. The lowest BCUT2D eigenvalue weighted by Gasteiger charge is -2.62. The largest absolute Gasteiger partial charge is 0.481 e. The van der Waals surface area contributed by atoms with E-state index in [-0.39, 0.29) is 41.8 Å². The summed E-state index contributed by atoms with van der Waals surface area (Å²) in [4.78, 5) is 34.6. The second kappa shape index (κ2) is 10.6. The molecule has 10 atom stereocenters. The highest BCUT2D eigenvalue weighted by atomic mass is 16.5. The number of methoxy groups -OCH3 is 1. The van der Waals surface area contributed by atoms with Crippen molar-refractivity contribution < 1.29 is 34.1 Å². The fourth-order valence-electron chi connectivity index (χ4n) is 9.35. The second-order valence-electron chi connectivity index (χ2n) is 12.8. The number of aliphatic carboxylic acids is 1. The molecule has 0 aliphatic heterocycles. The molecular weight excluding hydrogens is 460 g/mol. The van der Waals surface area contributed by atoms with Gasteiger partial charge in [-0.25, -0.2) is 0 Å². The minimum atomic E-state index is -0.976. The maximum atomic E-state index is 12.1. The summed E-state index contributed by atoms with van der Waals surface area (Å²) in [5.74, 6) is 1.36. The van der Waals surface area contributed by atoms with Gasteiger partial charge >= 0.3 is 17.9 Å². The van der Waals surface area contributed by atoms with Crippen LogP contribution in [-0.4, -0.2) is 47.4 Å². The predicted octanol–water partition coefficient (Wildman–Crippen LogP) is 4.98. The predicted molar refractivity (Wildman–Crippen MR) is 134 cm³/mol. The van der Waals surface area contributed by atoms with Crippen molar-refractivity contribution in [2.75, 3.05) is 7.11 Å². The number of hydrogen-bond donors (Lipinski definition) is 2. The molecule has 0 saturated heterocycles. The van der Waals surface area contributed by atoms with Crippen LogP contribution in [0.15, 0.2) is 0 Å². The zero-order chi connectivity index (χ0) is 26.3. The average molecular weight is 507 g/mol. The van der Waals surface area contributed by atoms with Gasteiger partial charge in [-0.15, -0.1) is 0 Å². The number of esters is 2. The SMILES string of the molecule is COC(=O)CC[C@@H](C)[C@@H]1CC[C@@H]2[C@@H]3CC[C@@H]4C[C@H](OC(=O)CCC(=O)O)CC[C@]4(C)[C@H]3C[C@H](O)[C@]21C. The van der Waals surface area contributed by atoms with Gasteiger partial charge in [-0.2, -0.15) is 0 Å². The summed E-state index contributed by atoms with van der Waals surface area (Å²) in [5, 5.41) is 20.5. The Kier molecular flexibility index (Phi) is 8.09. The summed E-state index contributed by atoms with van der Waals surface area (Å²) in [7, 11) is 1.44. The molecule has 4 rings (SSSR count). The van der Waals surface area contributed by atoms with Crippen molar-refractivity contribution in [3.8, 4) is 0 Å². The molecule has 7 nitrogen and oxygen atoms in total. The Morgan fingerprint density at radius 2 is 1.69 bits per heavy atom. The fourth-order valence-corrected chi connectivity index (χ4v) is 9.35. The Hall–Kier alpha value is -1.63. The number of carboxylic acids is 1. The van der Waals surface area contributed by atoms with Crippen molar-refractivity contribution in [3.05, 3.63) is 0 Å².